The molecule has 2 heterocycles. The van der Waals surface area contributed by atoms with Crippen molar-refractivity contribution in [1.82, 2.24) is 15.2 Å². The molecule has 1 N–H and O–H groups in total. The second kappa shape index (κ2) is 6.54. The van der Waals surface area contributed by atoms with E-state index in [9.17, 15) is 0 Å². The van der Waals surface area contributed by atoms with E-state index in [4.69, 9.17) is 0 Å². The standard InChI is InChI=1S/C18H25N3/c1-3-21(17-5-4-10-19-12-17)13-15-7-9-18-16(11-15)8-6-14(2)20-18/h6-9,11,17,19H,3-5,10,12-13H2,1-2H3. The van der Waals surface area contributed by atoms with Crippen LogP contribution in [0.15, 0.2) is 30.3 Å². The van der Waals surface area contributed by atoms with Gasteiger partial charge in [0.2, 0.25) is 0 Å². The van der Waals surface area contributed by atoms with Crippen molar-refractivity contribution in [1.29, 1.82) is 0 Å². The largest absolute Gasteiger partial charge is 0.315 e. The summed E-state index contributed by atoms with van der Waals surface area (Å²) in [5.41, 5.74) is 3.57. The molecular formula is C18H25N3. The lowest BCUT2D eigenvalue weighted by molar-refractivity contribution is 0.166. The van der Waals surface area contributed by atoms with Gasteiger partial charge in [0.05, 0.1) is 5.52 Å². The normalized spacial score (nSPS) is 19.3. The quantitative estimate of drug-likeness (QED) is 0.934. The minimum absolute atomic E-state index is 0.676. The molecule has 1 aliphatic rings. The Labute approximate surface area is 127 Å². The van der Waals surface area contributed by atoms with Gasteiger partial charge in [-0.3, -0.25) is 9.88 Å². The Morgan fingerprint density at radius 2 is 2.19 bits per heavy atom. The highest BCUT2D eigenvalue weighted by molar-refractivity contribution is 5.79. The fraction of sp³-hybridized carbons (Fsp3) is 0.500. The summed E-state index contributed by atoms with van der Waals surface area (Å²) < 4.78 is 0. The van der Waals surface area contributed by atoms with Crippen molar-refractivity contribution >= 4 is 10.9 Å². The van der Waals surface area contributed by atoms with Gasteiger partial charge in [0.1, 0.15) is 0 Å². The predicted molar refractivity (Wildman–Crippen MR) is 88.5 cm³/mol. The zero-order chi connectivity index (χ0) is 14.7. The number of nitrogens with one attached hydrogen (secondary N) is 1. The summed E-state index contributed by atoms with van der Waals surface area (Å²) in [5.74, 6) is 0. The Balaban J connectivity index is 1.77. The summed E-state index contributed by atoms with van der Waals surface area (Å²) in [5, 5.41) is 4.77. The third-order valence-corrected chi connectivity index (χ3v) is 4.47. The molecule has 1 atom stereocenters. The molecule has 0 spiro atoms. The lowest BCUT2D eigenvalue weighted by Crippen LogP contribution is -2.45. The van der Waals surface area contributed by atoms with Crippen LogP contribution in [0.2, 0.25) is 0 Å². The number of benzene rings is 1. The molecule has 0 amide bonds. The molecule has 1 aromatic carbocycles. The fourth-order valence-electron chi connectivity index (χ4n) is 3.25. The van der Waals surface area contributed by atoms with Gasteiger partial charge in [-0.1, -0.05) is 19.1 Å². The van der Waals surface area contributed by atoms with Crippen molar-refractivity contribution in [2.24, 2.45) is 0 Å². The zero-order valence-electron chi connectivity index (χ0n) is 13.1. The van der Waals surface area contributed by atoms with E-state index in [2.05, 4.69) is 52.5 Å². The maximum absolute atomic E-state index is 4.58. The maximum atomic E-state index is 4.58. The Bertz CT molecular complexity index is 602. The average molecular weight is 283 g/mol. The summed E-state index contributed by atoms with van der Waals surface area (Å²) in [6, 6.07) is 11.6. The van der Waals surface area contributed by atoms with Crippen molar-refractivity contribution in [3.8, 4) is 0 Å². The van der Waals surface area contributed by atoms with E-state index in [0.717, 1.165) is 30.8 Å². The molecule has 0 saturated carbocycles. The smallest absolute Gasteiger partial charge is 0.0705 e. The molecule has 3 heteroatoms. The summed E-state index contributed by atoms with van der Waals surface area (Å²) in [6.07, 6.45) is 2.61. The molecule has 1 unspecified atom stereocenters. The molecular weight excluding hydrogens is 258 g/mol. The number of fused-ring (bicyclic) bond motifs is 1. The van der Waals surface area contributed by atoms with Crippen molar-refractivity contribution < 1.29 is 0 Å². The molecule has 0 bridgehead atoms. The number of aromatic nitrogens is 1. The molecule has 112 valence electrons. The highest BCUT2D eigenvalue weighted by Gasteiger charge is 2.19. The van der Waals surface area contributed by atoms with Gasteiger partial charge in [-0.15, -0.1) is 0 Å². The summed E-state index contributed by atoms with van der Waals surface area (Å²) in [7, 11) is 0. The van der Waals surface area contributed by atoms with Gasteiger partial charge in [-0.25, -0.2) is 0 Å². The average Bonchev–Trinajstić information content (AvgIpc) is 2.53. The van der Waals surface area contributed by atoms with Gasteiger partial charge in [-0.2, -0.15) is 0 Å². The number of hydrogen-bond donors (Lipinski definition) is 1. The Morgan fingerprint density at radius 1 is 1.29 bits per heavy atom. The van der Waals surface area contributed by atoms with Crippen molar-refractivity contribution in [3.63, 3.8) is 0 Å². The van der Waals surface area contributed by atoms with Gasteiger partial charge in [0.15, 0.2) is 0 Å². The first-order chi connectivity index (χ1) is 10.3. The van der Waals surface area contributed by atoms with Gasteiger partial charge < -0.3 is 5.32 Å². The first-order valence-corrected chi connectivity index (χ1v) is 8.07. The Hall–Kier alpha value is -1.45. The van der Waals surface area contributed by atoms with Gasteiger partial charge >= 0.3 is 0 Å². The van der Waals surface area contributed by atoms with Crippen LogP contribution >= 0.6 is 0 Å². The SMILES string of the molecule is CCN(Cc1ccc2nc(C)ccc2c1)C1CCCNC1. The second-order valence-corrected chi connectivity index (χ2v) is 6.04. The molecule has 2 aromatic rings. The molecule has 3 rings (SSSR count). The van der Waals surface area contributed by atoms with E-state index in [1.807, 2.05) is 6.92 Å². The van der Waals surface area contributed by atoms with E-state index >= 15 is 0 Å². The number of rotatable bonds is 4. The number of pyridine rings is 1. The third-order valence-electron chi connectivity index (χ3n) is 4.47. The molecule has 1 aliphatic heterocycles. The Kier molecular flexibility index (Phi) is 4.51. The van der Waals surface area contributed by atoms with Gasteiger partial charge in [0.25, 0.3) is 0 Å². The van der Waals surface area contributed by atoms with Crippen LogP contribution in [0, 0.1) is 6.92 Å². The van der Waals surface area contributed by atoms with Gasteiger partial charge in [0, 0.05) is 30.2 Å². The third kappa shape index (κ3) is 3.42. The molecule has 0 radical (unpaired) electrons. The van der Waals surface area contributed by atoms with Crippen LogP contribution in [0.4, 0.5) is 0 Å². The zero-order valence-corrected chi connectivity index (χ0v) is 13.1. The number of nitrogens with zero attached hydrogens (tertiary/aromatic N) is 2. The fourth-order valence-corrected chi connectivity index (χ4v) is 3.25. The van der Waals surface area contributed by atoms with Crippen LogP contribution < -0.4 is 5.32 Å². The van der Waals surface area contributed by atoms with E-state index in [1.54, 1.807) is 0 Å². The van der Waals surface area contributed by atoms with Crippen LogP contribution in [0.5, 0.6) is 0 Å². The topological polar surface area (TPSA) is 28.2 Å². The van der Waals surface area contributed by atoms with Crippen LogP contribution in [0.3, 0.4) is 0 Å². The van der Waals surface area contributed by atoms with E-state index in [1.165, 1.54) is 30.3 Å². The number of aryl methyl sites for hydroxylation is 1. The minimum Gasteiger partial charge on any atom is -0.315 e. The highest BCUT2D eigenvalue weighted by Crippen LogP contribution is 2.18. The van der Waals surface area contributed by atoms with Crippen LogP contribution in [0.25, 0.3) is 10.9 Å². The van der Waals surface area contributed by atoms with Crippen molar-refractivity contribution in [2.75, 3.05) is 19.6 Å². The molecule has 3 nitrogen and oxygen atoms in total. The second-order valence-electron chi connectivity index (χ2n) is 6.04. The van der Waals surface area contributed by atoms with E-state index in [-0.39, 0.29) is 0 Å². The Morgan fingerprint density at radius 3 is 2.95 bits per heavy atom. The summed E-state index contributed by atoms with van der Waals surface area (Å²) in [6.45, 7) is 8.75. The highest BCUT2D eigenvalue weighted by atomic mass is 15.2. The van der Waals surface area contributed by atoms with Gasteiger partial charge in [-0.05, 0) is 56.6 Å². The number of piperidine rings is 1. The minimum atomic E-state index is 0.676. The molecule has 0 aliphatic carbocycles. The van der Waals surface area contributed by atoms with Crippen LogP contribution in [0.1, 0.15) is 31.0 Å². The van der Waals surface area contributed by atoms with Crippen molar-refractivity contribution in [3.05, 3.63) is 41.6 Å². The molecule has 21 heavy (non-hydrogen) atoms. The van der Waals surface area contributed by atoms with Crippen LogP contribution in [-0.2, 0) is 6.54 Å². The van der Waals surface area contributed by atoms with E-state index in [0.29, 0.717) is 6.04 Å². The van der Waals surface area contributed by atoms with Crippen LogP contribution in [-0.4, -0.2) is 35.6 Å². The van der Waals surface area contributed by atoms with E-state index < -0.39 is 0 Å². The molecule has 1 saturated heterocycles. The lowest BCUT2D eigenvalue weighted by Gasteiger charge is -2.34. The maximum Gasteiger partial charge on any atom is 0.0705 e. The summed E-state index contributed by atoms with van der Waals surface area (Å²) in [4.78, 5) is 7.17. The van der Waals surface area contributed by atoms with Crippen molar-refractivity contribution in [2.45, 2.75) is 39.3 Å². The number of likely N-dealkylation sites (N-methyl/N-ethyl adjacent to an activating group) is 1. The first kappa shape index (κ1) is 14.5. The monoisotopic (exact) mass is 283 g/mol. The summed E-state index contributed by atoms with van der Waals surface area (Å²) >= 11 is 0. The predicted octanol–water partition coefficient (Wildman–Crippen LogP) is 3.12. The molecule has 1 fully saturated rings. The first-order valence-electron chi connectivity index (χ1n) is 8.07. The number of hydrogen-bond acceptors (Lipinski definition) is 3. The molecule has 1 aromatic heterocycles. The lowest BCUT2D eigenvalue weighted by atomic mass is 10.0.